The van der Waals surface area contributed by atoms with Crippen molar-refractivity contribution in [3.63, 3.8) is 0 Å². The molecule has 6 heteroatoms. The molecule has 0 fully saturated rings. The van der Waals surface area contributed by atoms with Gasteiger partial charge in [0.25, 0.3) is 5.91 Å². The number of aliphatic hydroxyl groups is 1. The molecule has 0 bridgehead atoms. The molecule has 6 nitrogen and oxygen atoms in total. The monoisotopic (exact) mass is 274 g/mol. The third-order valence-electron chi connectivity index (χ3n) is 2.99. The molecule has 2 aromatic rings. The molecule has 0 aliphatic carbocycles. The van der Waals surface area contributed by atoms with Crippen molar-refractivity contribution in [2.45, 2.75) is 12.6 Å². The molecule has 1 aromatic carbocycles. The summed E-state index contributed by atoms with van der Waals surface area (Å²) < 4.78 is 1.68. The number of aromatic nitrogens is 2. The van der Waals surface area contributed by atoms with E-state index >= 15 is 0 Å². The van der Waals surface area contributed by atoms with E-state index in [0.29, 0.717) is 19.6 Å². The number of primary amides is 1. The lowest BCUT2D eigenvalue weighted by atomic mass is 10.1. The minimum absolute atomic E-state index is 0.246. The summed E-state index contributed by atoms with van der Waals surface area (Å²) in [6, 6.07) is 9.46. The number of benzene rings is 1. The van der Waals surface area contributed by atoms with Gasteiger partial charge >= 0.3 is 0 Å². The predicted octanol–water partition coefficient (Wildman–Crippen LogP) is 0.305. The Morgan fingerprint density at radius 2 is 2.15 bits per heavy atom. The summed E-state index contributed by atoms with van der Waals surface area (Å²) in [7, 11) is 0. The average Bonchev–Trinajstić information content (AvgIpc) is 2.93. The van der Waals surface area contributed by atoms with E-state index < -0.39 is 12.0 Å². The van der Waals surface area contributed by atoms with E-state index in [1.165, 1.54) is 0 Å². The molecule has 1 amide bonds. The Hall–Kier alpha value is -2.18. The normalized spacial score (nSPS) is 12.2. The van der Waals surface area contributed by atoms with Crippen molar-refractivity contribution < 1.29 is 9.90 Å². The minimum Gasteiger partial charge on any atom is -0.387 e. The lowest BCUT2D eigenvalue weighted by molar-refractivity contribution is 0.0986. The average molecular weight is 274 g/mol. The molecule has 1 aromatic heterocycles. The highest BCUT2D eigenvalue weighted by atomic mass is 16.3. The molecule has 0 saturated heterocycles. The number of carbonyl (C=O) groups is 1. The Morgan fingerprint density at radius 1 is 1.40 bits per heavy atom. The van der Waals surface area contributed by atoms with Crippen LogP contribution in [-0.2, 0) is 6.54 Å². The second-order valence-electron chi connectivity index (χ2n) is 4.44. The number of carbonyl (C=O) groups excluding carboxylic acids is 1. The molecule has 20 heavy (non-hydrogen) atoms. The van der Waals surface area contributed by atoms with E-state index in [9.17, 15) is 9.90 Å². The minimum atomic E-state index is -0.547. The first-order valence-corrected chi connectivity index (χ1v) is 6.43. The highest BCUT2D eigenvalue weighted by Crippen LogP contribution is 2.10. The van der Waals surface area contributed by atoms with E-state index in [4.69, 9.17) is 5.73 Å². The number of amides is 1. The van der Waals surface area contributed by atoms with Crippen molar-refractivity contribution in [2.75, 3.05) is 13.1 Å². The lowest BCUT2D eigenvalue weighted by Gasteiger charge is -2.12. The van der Waals surface area contributed by atoms with Crippen molar-refractivity contribution in [1.29, 1.82) is 0 Å². The van der Waals surface area contributed by atoms with E-state index in [1.807, 2.05) is 30.3 Å². The van der Waals surface area contributed by atoms with Gasteiger partial charge in [0.2, 0.25) is 0 Å². The summed E-state index contributed by atoms with van der Waals surface area (Å²) in [6.45, 7) is 1.63. The van der Waals surface area contributed by atoms with Crippen molar-refractivity contribution in [3.05, 3.63) is 54.1 Å². The van der Waals surface area contributed by atoms with Gasteiger partial charge < -0.3 is 20.7 Å². The topological polar surface area (TPSA) is 93.2 Å². The highest BCUT2D eigenvalue weighted by molar-refractivity contribution is 5.89. The van der Waals surface area contributed by atoms with Gasteiger partial charge in [-0.25, -0.2) is 4.98 Å². The molecule has 0 radical (unpaired) electrons. The highest BCUT2D eigenvalue weighted by Gasteiger charge is 2.09. The van der Waals surface area contributed by atoms with Crippen LogP contribution in [0.25, 0.3) is 0 Å². The SMILES string of the molecule is NC(=O)c1nccn1CCNCC(O)c1ccccc1. The van der Waals surface area contributed by atoms with Gasteiger partial charge in [-0.3, -0.25) is 4.79 Å². The van der Waals surface area contributed by atoms with Crippen molar-refractivity contribution in [1.82, 2.24) is 14.9 Å². The molecule has 4 N–H and O–H groups in total. The fraction of sp³-hybridized carbons (Fsp3) is 0.286. The van der Waals surface area contributed by atoms with E-state index in [2.05, 4.69) is 10.3 Å². The molecule has 0 saturated carbocycles. The first-order chi connectivity index (χ1) is 9.68. The number of nitrogens with two attached hydrogens (primary N) is 1. The Bertz CT molecular complexity index is 553. The van der Waals surface area contributed by atoms with Gasteiger partial charge in [-0.05, 0) is 5.56 Å². The Balaban J connectivity index is 1.77. The Morgan fingerprint density at radius 3 is 2.85 bits per heavy atom. The third-order valence-corrected chi connectivity index (χ3v) is 2.99. The Labute approximate surface area is 117 Å². The molecule has 0 spiro atoms. The number of nitrogens with one attached hydrogen (secondary N) is 1. The van der Waals surface area contributed by atoms with Crippen LogP contribution in [-0.4, -0.2) is 33.7 Å². The zero-order chi connectivity index (χ0) is 14.4. The fourth-order valence-electron chi connectivity index (χ4n) is 1.95. The predicted molar refractivity (Wildman–Crippen MR) is 75.0 cm³/mol. The van der Waals surface area contributed by atoms with E-state index in [-0.39, 0.29) is 5.82 Å². The molecule has 0 aliphatic rings. The molecule has 0 aliphatic heterocycles. The molecule has 1 unspecified atom stereocenters. The van der Waals surface area contributed by atoms with Gasteiger partial charge in [0.15, 0.2) is 5.82 Å². The summed E-state index contributed by atoms with van der Waals surface area (Å²) in [5.74, 6) is -0.297. The molecule has 1 heterocycles. The van der Waals surface area contributed by atoms with E-state index in [1.54, 1.807) is 17.0 Å². The standard InChI is InChI=1S/C14H18N4O2/c15-13(20)14-17-7-9-18(14)8-6-16-10-12(19)11-4-2-1-3-5-11/h1-5,7,9,12,16,19H,6,8,10H2,(H2,15,20). The first-order valence-electron chi connectivity index (χ1n) is 6.43. The number of rotatable bonds is 7. The van der Waals surface area contributed by atoms with Gasteiger partial charge in [-0.15, -0.1) is 0 Å². The van der Waals surface area contributed by atoms with Crippen LogP contribution in [0.3, 0.4) is 0 Å². The number of nitrogens with zero attached hydrogens (tertiary/aromatic N) is 2. The largest absolute Gasteiger partial charge is 0.387 e. The number of hydrogen-bond donors (Lipinski definition) is 3. The molecule has 2 rings (SSSR count). The quantitative estimate of drug-likeness (QED) is 0.633. The van der Waals surface area contributed by atoms with Gasteiger partial charge in [0.05, 0.1) is 6.10 Å². The molecular formula is C14H18N4O2. The summed E-state index contributed by atoms with van der Waals surface area (Å²) in [4.78, 5) is 15.0. The maximum absolute atomic E-state index is 11.1. The van der Waals surface area contributed by atoms with Crippen LogP contribution in [0.1, 0.15) is 22.3 Å². The van der Waals surface area contributed by atoms with Crippen LogP contribution in [0.4, 0.5) is 0 Å². The van der Waals surface area contributed by atoms with Crippen LogP contribution in [0.5, 0.6) is 0 Å². The van der Waals surface area contributed by atoms with Crippen LogP contribution in [0.15, 0.2) is 42.7 Å². The summed E-state index contributed by atoms with van der Waals surface area (Å²) in [6.07, 6.45) is 2.70. The Kier molecular flexibility index (Phi) is 4.86. The smallest absolute Gasteiger partial charge is 0.284 e. The van der Waals surface area contributed by atoms with E-state index in [0.717, 1.165) is 5.56 Å². The number of hydrogen-bond acceptors (Lipinski definition) is 4. The zero-order valence-electron chi connectivity index (χ0n) is 11.1. The number of aliphatic hydroxyl groups excluding tert-OH is 1. The second-order valence-corrected chi connectivity index (χ2v) is 4.44. The van der Waals surface area contributed by atoms with Gasteiger partial charge in [0.1, 0.15) is 0 Å². The third kappa shape index (κ3) is 3.66. The van der Waals surface area contributed by atoms with Crippen LogP contribution in [0, 0.1) is 0 Å². The van der Waals surface area contributed by atoms with Crippen LogP contribution in [0.2, 0.25) is 0 Å². The molecular weight excluding hydrogens is 256 g/mol. The van der Waals surface area contributed by atoms with Crippen molar-refractivity contribution in [3.8, 4) is 0 Å². The fourth-order valence-corrected chi connectivity index (χ4v) is 1.95. The molecule has 106 valence electrons. The van der Waals surface area contributed by atoms with Crippen LogP contribution < -0.4 is 11.1 Å². The van der Waals surface area contributed by atoms with Gasteiger partial charge in [-0.1, -0.05) is 30.3 Å². The summed E-state index contributed by atoms with van der Waals surface area (Å²) in [5.41, 5.74) is 6.08. The first kappa shape index (κ1) is 14.2. The maximum atomic E-state index is 11.1. The maximum Gasteiger partial charge on any atom is 0.284 e. The summed E-state index contributed by atoms with van der Waals surface area (Å²) >= 11 is 0. The van der Waals surface area contributed by atoms with Crippen LogP contribution >= 0.6 is 0 Å². The molecule has 1 atom stereocenters. The zero-order valence-corrected chi connectivity index (χ0v) is 11.1. The van der Waals surface area contributed by atoms with Crippen molar-refractivity contribution >= 4 is 5.91 Å². The van der Waals surface area contributed by atoms with Gasteiger partial charge in [0, 0.05) is 32.0 Å². The van der Waals surface area contributed by atoms with Gasteiger partial charge in [-0.2, -0.15) is 0 Å². The second kappa shape index (κ2) is 6.83. The number of imidazole rings is 1. The lowest BCUT2D eigenvalue weighted by Crippen LogP contribution is -2.27. The summed E-state index contributed by atoms with van der Waals surface area (Å²) in [5, 5.41) is 13.1. The van der Waals surface area contributed by atoms with Crippen molar-refractivity contribution in [2.24, 2.45) is 5.73 Å².